The molecule has 1 aromatic heterocycles. The summed E-state index contributed by atoms with van der Waals surface area (Å²) in [5.41, 5.74) is 0. The summed E-state index contributed by atoms with van der Waals surface area (Å²) in [5.74, 6) is 0.779. The Bertz CT molecular complexity index is 266. The fraction of sp³-hybridized carbons (Fsp3) is 0.400. The van der Waals surface area contributed by atoms with Gasteiger partial charge in [-0.3, -0.25) is 0 Å². The first-order chi connectivity index (χ1) is 4.88. The highest BCUT2D eigenvalue weighted by Crippen LogP contribution is 1.98. The largest absolute Gasteiger partial charge is 0.371 e. The smallest absolute Gasteiger partial charge is 0.185 e. The molecule has 2 heterocycles. The molecule has 0 saturated carbocycles. The van der Waals surface area contributed by atoms with E-state index < -0.39 is 0 Å². The molecule has 0 aromatic carbocycles. The van der Waals surface area contributed by atoms with Crippen molar-refractivity contribution in [2.75, 3.05) is 6.54 Å². The van der Waals surface area contributed by atoms with Gasteiger partial charge in [0.2, 0.25) is 0 Å². The van der Waals surface area contributed by atoms with E-state index in [1.807, 2.05) is 0 Å². The van der Waals surface area contributed by atoms with Crippen molar-refractivity contribution in [3.8, 4) is 0 Å². The molecule has 1 aromatic rings. The van der Waals surface area contributed by atoms with E-state index in [0.717, 1.165) is 18.9 Å². The summed E-state index contributed by atoms with van der Waals surface area (Å²) < 4.78 is 1.80. The van der Waals surface area contributed by atoms with E-state index in [-0.39, 0.29) is 0 Å². The molecule has 10 heavy (non-hydrogen) atoms. The molecule has 0 spiro atoms. The molecule has 0 amide bonds. The van der Waals surface area contributed by atoms with Crippen molar-refractivity contribution in [3.63, 3.8) is 0 Å². The number of nitrogens with one attached hydrogen (secondary N) is 1. The molecule has 52 valence electrons. The number of aromatic nitrogens is 3. The predicted octanol–water partition coefficient (Wildman–Crippen LogP) is -0.443. The molecule has 1 N–H and O–H groups in total. The third-order valence-corrected chi connectivity index (χ3v) is 1.75. The Morgan fingerprint density at radius 1 is 1.70 bits per heavy atom. The lowest BCUT2D eigenvalue weighted by Gasteiger charge is -2.14. The van der Waals surface area contributed by atoms with Crippen molar-refractivity contribution in [2.45, 2.75) is 6.54 Å². The van der Waals surface area contributed by atoms with Crippen molar-refractivity contribution < 1.29 is 0 Å². The van der Waals surface area contributed by atoms with E-state index in [1.165, 1.54) is 6.33 Å². The van der Waals surface area contributed by atoms with Crippen LogP contribution in [-0.2, 0) is 6.54 Å². The second kappa shape index (κ2) is 2.02. The van der Waals surface area contributed by atoms with E-state index in [0.29, 0.717) is 4.99 Å². The van der Waals surface area contributed by atoms with Gasteiger partial charge in [0.1, 0.15) is 11.3 Å². The normalized spacial score (nSPS) is 16.2. The zero-order valence-electron chi connectivity index (χ0n) is 5.24. The van der Waals surface area contributed by atoms with Crippen LogP contribution in [0.2, 0.25) is 0 Å². The Morgan fingerprint density at radius 2 is 2.60 bits per heavy atom. The molecule has 0 atom stereocenters. The zero-order valence-corrected chi connectivity index (χ0v) is 6.06. The Balaban J connectivity index is 2.50. The van der Waals surface area contributed by atoms with Crippen LogP contribution >= 0.6 is 12.2 Å². The van der Waals surface area contributed by atoms with Crippen LogP contribution in [0.3, 0.4) is 0 Å². The summed E-state index contributed by atoms with van der Waals surface area (Å²) in [5, 5.41) is 7.02. The molecule has 0 unspecified atom stereocenters. The van der Waals surface area contributed by atoms with Gasteiger partial charge >= 0.3 is 0 Å². The second-order valence-corrected chi connectivity index (χ2v) is 2.47. The summed E-state index contributed by atoms with van der Waals surface area (Å²) in [6.45, 7) is 1.71. The first-order valence-corrected chi connectivity index (χ1v) is 3.45. The highest BCUT2D eigenvalue weighted by molar-refractivity contribution is 7.80. The van der Waals surface area contributed by atoms with Crippen molar-refractivity contribution in [1.29, 1.82) is 0 Å². The monoisotopic (exact) mass is 154 g/mol. The number of hydrogen-bond donors (Lipinski definition) is 1. The zero-order chi connectivity index (χ0) is 6.97. The molecule has 2 rings (SSSR count). The molecule has 4 nitrogen and oxygen atoms in total. The van der Waals surface area contributed by atoms with E-state index in [1.54, 1.807) is 4.68 Å². The second-order valence-electron chi connectivity index (χ2n) is 2.06. The van der Waals surface area contributed by atoms with Crippen molar-refractivity contribution in [3.05, 3.63) is 12.2 Å². The molecule has 5 heteroatoms. The highest BCUT2D eigenvalue weighted by Gasteiger charge is 2.13. The number of thiocarbonyl (C=S) groups is 1. The van der Waals surface area contributed by atoms with E-state index >= 15 is 0 Å². The van der Waals surface area contributed by atoms with Crippen LogP contribution in [0.1, 0.15) is 5.82 Å². The lowest BCUT2D eigenvalue weighted by atomic mass is 10.4. The van der Waals surface area contributed by atoms with Crippen LogP contribution in [0.25, 0.3) is 0 Å². The SMILES string of the molecule is S=C1NCCn2ncnc21. The standard InChI is InChI=1S/C5H6N4S/c10-5-4-7-3-8-9(4)2-1-6-5/h3H,1-2H2,(H,6,10). The minimum Gasteiger partial charge on any atom is -0.371 e. The Kier molecular flexibility index (Phi) is 1.17. The molecular formula is C5H6N4S. The first kappa shape index (κ1) is 5.79. The predicted molar refractivity (Wildman–Crippen MR) is 39.7 cm³/mol. The van der Waals surface area contributed by atoms with E-state index in [9.17, 15) is 0 Å². The van der Waals surface area contributed by atoms with Crippen LogP contribution in [-0.4, -0.2) is 26.3 Å². The van der Waals surface area contributed by atoms with E-state index in [4.69, 9.17) is 12.2 Å². The van der Waals surface area contributed by atoms with Gasteiger partial charge in [0, 0.05) is 6.54 Å². The van der Waals surface area contributed by atoms with Gasteiger partial charge in [0.05, 0.1) is 6.54 Å². The fourth-order valence-corrected chi connectivity index (χ4v) is 1.22. The minimum absolute atomic E-state index is 0.698. The van der Waals surface area contributed by atoms with Gasteiger partial charge in [-0.25, -0.2) is 9.67 Å². The molecule has 1 aliphatic rings. The molecular weight excluding hydrogens is 148 g/mol. The molecule has 0 aliphatic carbocycles. The first-order valence-electron chi connectivity index (χ1n) is 3.04. The number of fused-ring (bicyclic) bond motifs is 1. The third kappa shape index (κ3) is 0.706. The number of hydrogen-bond acceptors (Lipinski definition) is 3. The third-order valence-electron chi connectivity index (χ3n) is 1.43. The average Bonchev–Trinajstić information content (AvgIpc) is 2.36. The Labute approximate surface area is 63.3 Å². The summed E-state index contributed by atoms with van der Waals surface area (Å²) in [4.78, 5) is 4.68. The van der Waals surface area contributed by atoms with Crippen LogP contribution in [0.5, 0.6) is 0 Å². The number of rotatable bonds is 0. The maximum atomic E-state index is 4.98. The molecule has 0 fully saturated rings. The van der Waals surface area contributed by atoms with Gasteiger partial charge in [-0.05, 0) is 0 Å². The summed E-state index contributed by atoms with van der Waals surface area (Å²) >= 11 is 4.98. The van der Waals surface area contributed by atoms with Crippen molar-refractivity contribution in [1.82, 2.24) is 20.1 Å². The van der Waals surface area contributed by atoms with Crippen LogP contribution < -0.4 is 5.32 Å². The van der Waals surface area contributed by atoms with Crippen LogP contribution in [0, 0.1) is 0 Å². The molecule has 1 aliphatic heterocycles. The van der Waals surface area contributed by atoms with Crippen molar-refractivity contribution >= 4 is 17.2 Å². The highest BCUT2D eigenvalue weighted by atomic mass is 32.1. The average molecular weight is 154 g/mol. The maximum Gasteiger partial charge on any atom is 0.185 e. The maximum absolute atomic E-state index is 4.98. The summed E-state index contributed by atoms with van der Waals surface area (Å²) in [6.07, 6.45) is 1.52. The lowest BCUT2D eigenvalue weighted by Crippen LogP contribution is -2.35. The summed E-state index contributed by atoms with van der Waals surface area (Å²) in [7, 11) is 0. The number of nitrogens with zero attached hydrogens (tertiary/aromatic N) is 3. The Hall–Kier alpha value is -0.970. The summed E-state index contributed by atoms with van der Waals surface area (Å²) in [6, 6.07) is 0. The minimum atomic E-state index is 0.698. The van der Waals surface area contributed by atoms with Gasteiger partial charge in [0.25, 0.3) is 0 Å². The Morgan fingerprint density at radius 3 is 3.40 bits per heavy atom. The molecule has 0 radical (unpaired) electrons. The fourth-order valence-electron chi connectivity index (χ4n) is 0.958. The van der Waals surface area contributed by atoms with Crippen LogP contribution in [0.4, 0.5) is 0 Å². The van der Waals surface area contributed by atoms with E-state index in [2.05, 4.69) is 15.4 Å². The van der Waals surface area contributed by atoms with Gasteiger partial charge in [-0.1, -0.05) is 12.2 Å². The molecule has 0 bridgehead atoms. The van der Waals surface area contributed by atoms with Gasteiger partial charge in [0.15, 0.2) is 5.82 Å². The van der Waals surface area contributed by atoms with Gasteiger partial charge in [-0.15, -0.1) is 0 Å². The van der Waals surface area contributed by atoms with Gasteiger partial charge < -0.3 is 5.32 Å². The van der Waals surface area contributed by atoms with Crippen molar-refractivity contribution in [2.24, 2.45) is 0 Å². The van der Waals surface area contributed by atoms with Gasteiger partial charge in [-0.2, -0.15) is 5.10 Å². The van der Waals surface area contributed by atoms with Crippen LogP contribution in [0.15, 0.2) is 6.33 Å². The quantitative estimate of drug-likeness (QED) is 0.514. The molecule has 0 saturated heterocycles. The lowest BCUT2D eigenvalue weighted by molar-refractivity contribution is 0.574. The topological polar surface area (TPSA) is 42.7 Å².